The summed E-state index contributed by atoms with van der Waals surface area (Å²) in [5.74, 6) is -0.129. The summed E-state index contributed by atoms with van der Waals surface area (Å²) in [7, 11) is 1.64. The second-order valence-electron chi connectivity index (χ2n) is 5.72. The van der Waals surface area contributed by atoms with Crippen molar-refractivity contribution in [3.8, 4) is 5.75 Å². The molecule has 22 heavy (non-hydrogen) atoms. The maximum absolute atomic E-state index is 11.3. The van der Waals surface area contributed by atoms with E-state index >= 15 is 0 Å². The van der Waals surface area contributed by atoms with Crippen LogP contribution < -0.4 is 4.74 Å². The van der Waals surface area contributed by atoms with Gasteiger partial charge in [0.15, 0.2) is 0 Å². The van der Waals surface area contributed by atoms with E-state index in [9.17, 15) is 9.90 Å². The number of carboxylic acid groups (broad SMARTS) is 1. The lowest BCUT2D eigenvalue weighted by molar-refractivity contribution is -0.137. The quantitative estimate of drug-likeness (QED) is 0.898. The van der Waals surface area contributed by atoms with Gasteiger partial charge in [0.1, 0.15) is 5.75 Å². The first-order chi connectivity index (χ1) is 10.4. The third-order valence-corrected chi connectivity index (χ3v) is 4.13. The minimum atomic E-state index is -0.795. The molecule has 0 radical (unpaired) electrons. The molecule has 0 amide bonds. The number of ether oxygens (including phenoxy) is 1. The molecule has 0 saturated carbocycles. The van der Waals surface area contributed by atoms with Gasteiger partial charge in [-0.05, 0) is 54.7 Å². The Labute approximate surface area is 131 Å². The van der Waals surface area contributed by atoms with E-state index in [2.05, 4.69) is 26.0 Å². The van der Waals surface area contributed by atoms with Gasteiger partial charge in [-0.2, -0.15) is 0 Å². The fourth-order valence-electron chi connectivity index (χ4n) is 2.70. The molecule has 0 aliphatic rings. The molecule has 0 fully saturated rings. The van der Waals surface area contributed by atoms with Crippen LogP contribution in [-0.2, 0) is 4.79 Å². The van der Waals surface area contributed by atoms with Crippen LogP contribution in [0, 0.1) is 20.8 Å². The van der Waals surface area contributed by atoms with Crippen LogP contribution in [0.15, 0.2) is 36.4 Å². The number of aliphatic carboxylic acids is 1. The van der Waals surface area contributed by atoms with Crippen molar-refractivity contribution in [2.75, 3.05) is 7.11 Å². The second-order valence-corrected chi connectivity index (χ2v) is 5.72. The fourth-order valence-corrected chi connectivity index (χ4v) is 2.70. The SMILES string of the molecule is COc1ccc(C(CC(=O)O)c2ccc(C)c(C)c2)cc1C. The first-order valence-corrected chi connectivity index (χ1v) is 7.36. The molecule has 1 N–H and O–H groups in total. The molecular formula is C19H22O3. The van der Waals surface area contributed by atoms with Crippen molar-refractivity contribution in [3.05, 3.63) is 64.2 Å². The lowest BCUT2D eigenvalue weighted by atomic mass is 9.86. The highest BCUT2D eigenvalue weighted by molar-refractivity contribution is 5.69. The molecule has 0 saturated heterocycles. The third-order valence-electron chi connectivity index (χ3n) is 4.13. The molecule has 2 rings (SSSR count). The number of rotatable bonds is 5. The predicted octanol–water partition coefficient (Wildman–Crippen LogP) is 4.23. The number of hydrogen-bond acceptors (Lipinski definition) is 2. The fraction of sp³-hybridized carbons (Fsp3) is 0.316. The van der Waals surface area contributed by atoms with Crippen molar-refractivity contribution in [2.24, 2.45) is 0 Å². The lowest BCUT2D eigenvalue weighted by Crippen LogP contribution is -2.09. The van der Waals surface area contributed by atoms with E-state index in [-0.39, 0.29) is 12.3 Å². The number of carboxylic acids is 1. The number of methoxy groups -OCH3 is 1. The van der Waals surface area contributed by atoms with E-state index in [1.54, 1.807) is 7.11 Å². The van der Waals surface area contributed by atoms with Crippen LogP contribution in [-0.4, -0.2) is 18.2 Å². The van der Waals surface area contributed by atoms with E-state index in [1.807, 2.05) is 31.2 Å². The Morgan fingerprint density at radius 2 is 1.59 bits per heavy atom. The topological polar surface area (TPSA) is 46.5 Å². The molecule has 1 unspecified atom stereocenters. The Bertz CT molecular complexity index is 689. The molecule has 0 aliphatic carbocycles. The van der Waals surface area contributed by atoms with E-state index in [4.69, 9.17) is 4.74 Å². The van der Waals surface area contributed by atoms with Crippen LogP contribution in [0.5, 0.6) is 5.75 Å². The number of hydrogen-bond donors (Lipinski definition) is 1. The Morgan fingerprint density at radius 3 is 2.09 bits per heavy atom. The summed E-state index contributed by atoms with van der Waals surface area (Å²) in [6.45, 7) is 6.08. The maximum Gasteiger partial charge on any atom is 0.304 e. The summed E-state index contributed by atoms with van der Waals surface area (Å²) < 4.78 is 5.29. The van der Waals surface area contributed by atoms with Crippen molar-refractivity contribution in [3.63, 3.8) is 0 Å². The highest BCUT2D eigenvalue weighted by Gasteiger charge is 2.19. The van der Waals surface area contributed by atoms with Crippen LogP contribution in [0.3, 0.4) is 0 Å². The minimum Gasteiger partial charge on any atom is -0.496 e. The lowest BCUT2D eigenvalue weighted by Gasteiger charge is -2.19. The summed E-state index contributed by atoms with van der Waals surface area (Å²) in [5.41, 5.74) is 5.44. The van der Waals surface area contributed by atoms with Crippen molar-refractivity contribution in [2.45, 2.75) is 33.1 Å². The average molecular weight is 298 g/mol. The van der Waals surface area contributed by atoms with E-state index in [1.165, 1.54) is 11.1 Å². The van der Waals surface area contributed by atoms with Crippen molar-refractivity contribution < 1.29 is 14.6 Å². The Morgan fingerprint density at radius 1 is 1.00 bits per heavy atom. The highest BCUT2D eigenvalue weighted by Crippen LogP contribution is 2.32. The van der Waals surface area contributed by atoms with Gasteiger partial charge < -0.3 is 9.84 Å². The summed E-state index contributed by atoms with van der Waals surface area (Å²) in [4.78, 5) is 11.3. The van der Waals surface area contributed by atoms with Gasteiger partial charge in [0.25, 0.3) is 0 Å². The first kappa shape index (κ1) is 16.1. The van der Waals surface area contributed by atoms with Crippen LogP contribution >= 0.6 is 0 Å². The molecule has 3 nitrogen and oxygen atoms in total. The van der Waals surface area contributed by atoms with Gasteiger partial charge in [-0.1, -0.05) is 30.3 Å². The van der Waals surface area contributed by atoms with Gasteiger partial charge in [-0.25, -0.2) is 0 Å². The third kappa shape index (κ3) is 3.48. The number of carbonyl (C=O) groups is 1. The average Bonchev–Trinajstić information content (AvgIpc) is 2.47. The Hall–Kier alpha value is -2.29. The van der Waals surface area contributed by atoms with Crippen molar-refractivity contribution in [1.29, 1.82) is 0 Å². The van der Waals surface area contributed by atoms with Gasteiger partial charge in [-0.15, -0.1) is 0 Å². The minimum absolute atomic E-state index is 0.0776. The van der Waals surface area contributed by atoms with E-state index in [0.29, 0.717) is 0 Å². The zero-order valence-electron chi connectivity index (χ0n) is 13.5. The van der Waals surface area contributed by atoms with Crippen LogP contribution in [0.2, 0.25) is 0 Å². The first-order valence-electron chi connectivity index (χ1n) is 7.36. The molecule has 0 heterocycles. The number of aryl methyl sites for hydroxylation is 3. The van der Waals surface area contributed by atoms with Gasteiger partial charge >= 0.3 is 5.97 Å². The maximum atomic E-state index is 11.3. The molecule has 2 aromatic rings. The Balaban J connectivity index is 2.47. The van der Waals surface area contributed by atoms with Crippen molar-refractivity contribution >= 4 is 5.97 Å². The highest BCUT2D eigenvalue weighted by atomic mass is 16.5. The monoisotopic (exact) mass is 298 g/mol. The second kappa shape index (κ2) is 6.65. The van der Waals surface area contributed by atoms with Crippen LogP contribution in [0.1, 0.15) is 40.2 Å². The summed E-state index contributed by atoms with van der Waals surface area (Å²) in [6, 6.07) is 12.0. The zero-order valence-corrected chi connectivity index (χ0v) is 13.5. The Kier molecular flexibility index (Phi) is 4.86. The number of benzene rings is 2. The normalized spacial score (nSPS) is 12.0. The molecule has 116 valence electrons. The molecule has 1 atom stereocenters. The molecule has 0 aliphatic heterocycles. The summed E-state index contributed by atoms with van der Waals surface area (Å²) in [5, 5.41) is 9.28. The van der Waals surface area contributed by atoms with Gasteiger partial charge in [0.2, 0.25) is 0 Å². The molecular weight excluding hydrogens is 276 g/mol. The summed E-state index contributed by atoms with van der Waals surface area (Å²) >= 11 is 0. The van der Waals surface area contributed by atoms with Crippen LogP contribution in [0.25, 0.3) is 0 Å². The van der Waals surface area contributed by atoms with Gasteiger partial charge in [0.05, 0.1) is 13.5 Å². The molecule has 3 heteroatoms. The van der Waals surface area contributed by atoms with Crippen LogP contribution in [0.4, 0.5) is 0 Å². The molecule has 2 aromatic carbocycles. The van der Waals surface area contributed by atoms with Crippen molar-refractivity contribution in [1.82, 2.24) is 0 Å². The summed E-state index contributed by atoms with van der Waals surface area (Å²) in [6.07, 6.45) is 0.0776. The standard InChI is InChI=1S/C19H22O3/c1-12-5-6-15(9-13(12)2)17(11-19(20)21)16-7-8-18(22-4)14(3)10-16/h5-10,17H,11H2,1-4H3,(H,20,21). The van der Waals surface area contributed by atoms with Gasteiger partial charge in [0, 0.05) is 5.92 Å². The molecule has 0 spiro atoms. The molecule has 0 aromatic heterocycles. The van der Waals surface area contributed by atoms with E-state index in [0.717, 1.165) is 22.4 Å². The zero-order chi connectivity index (χ0) is 16.3. The predicted molar refractivity (Wildman–Crippen MR) is 87.7 cm³/mol. The molecule has 0 bridgehead atoms. The van der Waals surface area contributed by atoms with Gasteiger partial charge in [-0.3, -0.25) is 4.79 Å². The largest absolute Gasteiger partial charge is 0.496 e. The van der Waals surface area contributed by atoms with E-state index < -0.39 is 5.97 Å². The smallest absolute Gasteiger partial charge is 0.304 e.